The molecular formula is C14H8Cl2FNOS. The fourth-order valence-electron chi connectivity index (χ4n) is 2.26. The normalized spacial score (nSPS) is 11.2. The molecule has 0 bridgehead atoms. The SMILES string of the molecule is Cc1ccc(F)c2c(C=O)c(-c3cc(Cl)sc3Cl)[nH]c12. The number of fused-ring (bicyclic) bond motifs is 1. The third-order valence-corrected chi connectivity index (χ3v) is 4.68. The Hall–Kier alpha value is -1.36. The Labute approximate surface area is 128 Å². The maximum Gasteiger partial charge on any atom is 0.152 e. The topological polar surface area (TPSA) is 32.9 Å². The number of aldehydes is 1. The summed E-state index contributed by atoms with van der Waals surface area (Å²) in [5.74, 6) is -0.437. The lowest BCUT2D eigenvalue weighted by Crippen LogP contribution is -1.85. The van der Waals surface area contributed by atoms with Crippen LogP contribution in [0.15, 0.2) is 18.2 Å². The number of benzene rings is 1. The van der Waals surface area contributed by atoms with Crippen LogP contribution >= 0.6 is 34.5 Å². The number of rotatable bonds is 2. The number of aromatic amines is 1. The molecule has 0 radical (unpaired) electrons. The minimum absolute atomic E-state index is 0.262. The van der Waals surface area contributed by atoms with Gasteiger partial charge in [-0.05, 0) is 24.6 Å². The number of halogens is 3. The summed E-state index contributed by atoms with van der Waals surface area (Å²) in [7, 11) is 0. The number of hydrogen-bond acceptors (Lipinski definition) is 2. The van der Waals surface area contributed by atoms with Gasteiger partial charge in [0, 0.05) is 10.9 Å². The van der Waals surface area contributed by atoms with E-state index in [2.05, 4.69) is 4.98 Å². The second-order valence-corrected chi connectivity index (χ2v) is 6.67. The zero-order valence-electron chi connectivity index (χ0n) is 10.3. The van der Waals surface area contributed by atoms with E-state index >= 15 is 0 Å². The molecule has 3 rings (SSSR count). The van der Waals surface area contributed by atoms with Crippen molar-refractivity contribution >= 4 is 51.7 Å². The van der Waals surface area contributed by atoms with E-state index in [9.17, 15) is 9.18 Å². The van der Waals surface area contributed by atoms with Crippen LogP contribution in [-0.4, -0.2) is 11.3 Å². The predicted octanol–water partition coefficient (Wildman–Crippen LogP) is 5.46. The van der Waals surface area contributed by atoms with Gasteiger partial charge in [0.2, 0.25) is 0 Å². The van der Waals surface area contributed by atoms with Crippen molar-refractivity contribution in [2.45, 2.75) is 6.92 Å². The monoisotopic (exact) mass is 327 g/mol. The summed E-state index contributed by atoms with van der Waals surface area (Å²) in [6, 6.07) is 4.68. The minimum Gasteiger partial charge on any atom is -0.354 e. The Morgan fingerprint density at radius 2 is 2.10 bits per heavy atom. The lowest BCUT2D eigenvalue weighted by Gasteiger charge is -1.97. The van der Waals surface area contributed by atoms with E-state index in [-0.39, 0.29) is 10.9 Å². The van der Waals surface area contributed by atoms with Gasteiger partial charge in [-0.2, -0.15) is 0 Å². The maximum atomic E-state index is 14.0. The first-order valence-corrected chi connectivity index (χ1v) is 7.31. The van der Waals surface area contributed by atoms with Gasteiger partial charge in [-0.3, -0.25) is 4.79 Å². The molecule has 3 aromatic rings. The minimum atomic E-state index is -0.437. The summed E-state index contributed by atoms with van der Waals surface area (Å²) in [5.41, 5.74) is 2.82. The zero-order chi connectivity index (χ0) is 14.4. The highest BCUT2D eigenvalue weighted by Crippen LogP contribution is 2.41. The highest BCUT2D eigenvalue weighted by Gasteiger charge is 2.20. The van der Waals surface area contributed by atoms with Gasteiger partial charge in [0.15, 0.2) is 6.29 Å². The first kappa shape index (κ1) is 13.6. The van der Waals surface area contributed by atoms with Gasteiger partial charge in [-0.15, -0.1) is 11.3 Å². The van der Waals surface area contributed by atoms with Crippen molar-refractivity contribution in [1.82, 2.24) is 4.98 Å². The molecule has 2 nitrogen and oxygen atoms in total. The molecule has 0 unspecified atom stereocenters. The quantitative estimate of drug-likeness (QED) is 0.622. The van der Waals surface area contributed by atoms with Crippen molar-refractivity contribution < 1.29 is 9.18 Å². The summed E-state index contributed by atoms with van der Waals surface area (Å²) < 4.78 is 15.0. The van der Waals surface area contributed by atoms with Crippen LogP contribution in [0.5, 0.6) is 0 Å². The number of H-pyrrole nitrogens is 1. The van der Waals surface area contributed by atoms with E-state index in [0.717, 1.165) is 5.56 Å². The molecule has 20 heavy (non-hydrogen) atoms. The van der Waals surface area contributed by atoms with Crippen LogP contribution in [0.1, 0.15) is 15.9 Å². The highest BCUT2D eigenvalue weighted by molar-refractivity contribution is 7.20. The van der Waals surface area contributed by atoms with Crippen molar-refractivity contribution in [3.63, 3.8) is 0 Å². The van der Waals surface area contributed by atoms with Gasteiger partial charge in [-0.25, -0.2) is 4.39 Å². The lowest BCUT2D eigenvalue weighted by atomic mass is 10.1. The van der Waals surface area contributed by atoms with Crippen LogP contribution in [0.3, 0.4) is 0 Å². The molecule has 0 saturated carbocycles. The third-order valence-electron chi connectivity index (χ3n) is 3.20. The first-order valence-electron chi connectivity index (χ1n) is 5.74. The summed E-state index contributed by atoms with van der Waals surface area (Å²) in [6.45, 7) is 1.85. The molecule has 2 aromatic heterocycles. The molecular weight excluding hydrogens is 320 g/mol. The van der Waals surface area contributed by atoms with Crippen LogP contribution in [0.4, 0.5) is 4.39 Å². The van der Waals surface area contributed by atoms with Gasteiger partial charge in [0.05, 0.1) is 21.1 Å². The average Bonchev–Trinajstić information content (AvgIpc) is 2.94. The molecule has 0 fully saturated rings. The summed E-state index contributed by atoms with van der Waals surface area (Å²) >= 11 is 13.3. The number of nitrogens with one attached hydrogen (secondary N) is 1. The fraction of sp³-hybridized carbons (Fsp3) is 0.0714. The Morgan fingerprint density at radius 1 is 1.35 bits per heavy atom. The molecule has 1 aromatic carbocycles. The highest BCUT2D eigenvalue weighted by atomic mass is 35.5. The van der Waals surface area contributed by atoms with Gasteiger partial charge in [0.25, 0.3) is 0 Å². The van der Waals surface area contributed by atoms with Gasteiger partial charge in [-0.1, -0.05) is 29.3 Å². The number of carbonyl (C=O) groups excluding carboxylic acids is 1. The number of aromatic nitrogens is 1. The van der Waals surface area contributed by atoms with Crippen LogP contribution in [0.2, 0.25) is 8.67 Å². The molecule has 0 aliphatic carbocycles. The van der Waals surface area contributed by atoms with Crippen LogP contribution < -0.4 is 0 Å². The van der Waals surface area contributed by atoms with Crippen molar-refractivity contribution in [2.75, 3.05) is 0 Å². The third kappa shape index (κ3) is 1.95. The van der Waals surface area contributed by atoms with E-state index in [1.165, 1.54) is 17.4 Å². The molecule has 102 valence electrons. The number of aryl methyl sites for hydroxylation is 1. The standard InChI is InChI=1S/C14H8Cl2FNOS/c1-6-2-3-9(17)11-8(5-19)13(18-12(6)11)7-4-10(15)20-14(7)16/h2-5,18H,1H3. The Kier molecular flexibility index (Phi) is 3.32. The van der Waals surface area contributed by atoms with Gasteiger partial charge < -0.3 is 4.98 Å². The van der Waals surface area contributed by atoms with E-state index in [0.29, 0.717) is 31.7 Å². The molecule has 0 aliphatic rings. The van der Waals surface area contributed by atoms with Gasteiger partial charge >= 0.3 is 0 Å². The lowest BCUT2D eigenvalue weighted by molar-refractivity contribution is 0.112. The van der Waals surface area contributed by atoms with E-state index in [1.54, 1.807) is 12.1 Å². The Balaban J connectivity index is 2.43. The predicted molar refractivity (Wildman–Crippen MR) is 81.7 cm³/mol. The average molecular weight is 328 g/mol. The van der Waals surface area contributed by atoms with Crippen molar-refractivity contribution in [3.8, 4) is 11.3 Å². The number of thiophene rings is 1. The second kappa shape index (κ2) is 4.88. The van der Waals surface area contributed by atoms with Crippen LogP contribution in [-0.2, 0) is 0 Å². The summed E-state index contributed by atoms with van der Waals surface area (Å²) in [5, 5.41) is 0.286. The number of carbonyl (C=O) groups is 1. The van der Waals surface area contributed by atoms with E-state index in [1.807, 2.05) is 6.92 Å². The fourth-order valence-corrected chi connectivity index (χ4v) is 3.74. The first-order chi connectivity index (χ1) is 9.52. The number of hydrogen-bond donors (Lipinski definition) is 1. The summed E-state index contributed by atoms with van der Waals surface area (Å²) in [4.78, 5) is 14.5. The molecule has 0 aliphatic heterocycles. The van der Waals surface area contributed by atoms with E-state index < -0.39 is 5.82 Å². The molecule has 0 atom stereocenters. The molecule has 0 spiro atoms. The molecule has 0 saturated heterocycles. The van der Waals surface area contributed by atoms with Crippen LogP contribution in [0.25, 0.3) is 22.2 Å². The smallest absolute Gasteiger partial charge is 0.152 e. The van der Waals surface area contributed by atoms with Gasteiger partial charge in [0.1, 0.15) is 10.2 Å². The van der Waals surface area contributed by atoms with Crippen molar-refractivity contribution in [1.29, 1.82) is 0 Å². The largest absolute Gasteiger partial charge is 0.354 e. The molecule has 6 heteroatoms. The Morgan fingerprint density at radius 3 is 2.70 bits per heavy atom. The molecule has 0 amide bonds. The maximum absolute atomic E-state index is 14.0. The van der Waals surface area contributed by atoms with Crippen LogP contribution in [0, 0.1) is 12.7 Å². The van der Waals surface area contributed by atoms with E-state index in [4.69, 9.17) is 23.2 Å². The van der Waals surface area contributed by atoms with Crippen molar-refractivity contribution in [2.24, 2.45) is 0 Å². The zero-order valence-corrected chi connectivity index (χ0v) is 12.6. The van der Waals surface area contributed by atoms with Crippen molar-refractivity contribution in [3.05, 3.63) is 43.8 Å². The molecule has 1 N–H and O–H groups in total. The Bertz CT molecular complexity index is 837. The second-order valence-electron chi connectivity index (χ2n) is 4.38. The summed E-state index contributed by atoms with van der Waals surface area (Å²) in [6.07, 6.45) is 0.637. The molecule has 2 heterocycles.